The standard InChI is InChI=1S/C12H23F3N2O/c1-10(7-12(13,14)15)17-8-11(9-18-2)3-5-16-6-4-11/h10,16-17H,3-9H2,1-2H3. The topological polar surface area (TPSA) is 33.3 Å². The largest absolute Gasteiger partial charge is 0.390 e. The van der Waals surface area contributed by atoms with E-state index in [4.69, 9.17) is 4.74 Å². The molecule has 0 aliphatic carbocycles. The van der Waals surface area contributed by atoms with Crippen molar-refractivity contribution in [1.82, 2.24) is 10.6 Å². The van der Waals surface area contributed by atoms with Gasteiger partial charge in [-0.15, -0.1) is 0 Å². The molecule has 1 heterocycles. The van der Waals surface area contributed by atoms with Gasteiger partial charge in [0.05, 0.1) is 13.0 Å². The van der Waals surface area contributed by atoms with Gasteiger partial charge in [0, 0.05) is 25.1 Å². The number of rotatable bonds is 6. The Morgan fingerprint density at radius 3 is 2.44 bits per heavy atom. The Kier molecular flexibility index (Phi) is 5.88. The third-order valence-electron chi connectivity index (χ3n) is 3.48. The number of nitrogens with one attached hydrogen (secondary N) is 2. The van der Waals surface area contributed by atoms with Gasteiger partial charge in [0.25, 0.3) is 0 Å². The van der Waals surface area contributed by atoms with E-state index in [1.807, 2.05) is 0 Å². The van der Waals surface area contributed by atoms with Crippen molar-refractivity contribution in [3.63, 3.8) is 0 Å². The van der Waals surface area contributed by atoms with Gasteiger partial charge in [-0.3, -0.25) is 0 Å². The van der Waals surface area contributed by atoms with Gasteiger partial charge in [-0.1, -0.05) is 0 Å². The Balaban J connectivity index is 2.42. The third-order valence-corrected chi connectivity index (χ3v) is 3.48. The SMILES string of the molecule is COCC1(CNC(C)CC(F)(F)F)CCNCC1. The van der Waals surface area contributed by atoms with Crippen LogP contribution in [0.2, 0.25) is 0 Å². The van der Waals surface area contributed by atoms with Crippen LogP contribution in [0.1, 0.15) is 26.2 Å². The van der Waals surface area contributed by atoms with E-state index in [0.717, 1.165) is 25.9 Å². The monoisotopic (exact) mass is 268 g/mol. The predicted molar refractivity (Wildman–Crippen MR) is 64.5 cm³/mol. The molecule has 1 aliphatic heterocycles. The van der Waals surface area contributed by atoms with Crippen LogP contribution >= 0.6 is 0 Å². The summed E-state index contributed by atoms with van der Waals surface area (Å²) < 4.78 is 41.9. The van der Waals surface area contributed by atoms with Crippen LogP contribution in [-0.2, 0) is 4.74 Å². The highest BCUT2D eigenvalue weighted by molar-refractivity contribution is 4.87. The van der Waals surface area contributed by atoms with Crippen LogP contribution in [0.3, 0.4) is 0 Å². The first-order chi connectivity index (χ1) is 8.37. The highest BCUT2D eigenvalue weighted by Gasteiger charge is 2.34. The van der Waals surface area contributed by atoms with Gasteiger partial charge in [-0.2, -0.15) is 13.2 Å². The zero-order valence-corrected chi connectivity index (χ0v) is 11.1. The summed E-state index contributed by atoms with van der Waals surface area (Å²) in [6, 6.07) is -0.548. The van der Waals surface area contributed by atoms with Gasteiger partial charge in [-0.25, -0.2) is 0 Å². The van der Waals surface area contributed by atoms with E-state index in [0.29, 0.717) is 13.2 Å². The molecule has 1 atom stereocenters. The van der Waals surface area contributed by atoms with Gasteiger partial charge < -0.3 is 15.4 Å². The van der Waals surface area contributed by atoms with E-state index in [1.165, 1.54) is 0 Å². The molecule has 0 aromatic carbocycles. The summed E-state index contributed by atoms with van der Waals surface area (Å²) in [6.07, 6.45) is -3.01. The Bertz CT molecular complexity index is 234. The average molecular weight is 268 g/mol. The van der Waals surface area contributed by atoms with Gasteiger partial charge in [0.15, 0.2) is 0 Å². The maximum absolute atomic E-state index is 12.2. The average Bonchev–Trinajstić information content (AvgIpc) is 2.26. The predicted octanol–water partition coefficient (Wildman–Crippen LogP) is 1.93. The fraction of sp³-hybridized carbons (Fsp3) is 1.00. The van der Waals surface area contributed by atoms with E-state index >= 15 is 0 Å². The molecule has 1 rings (SSSR count). The summed E-state index contributed by atoms with van der Waals surface area (Å²) in [7, 11) is 1.64. The van der Waals surface area contributed by atoms with E-state index < -0.39 is 18.6 Å². The van der Waals surface area contributed by atoms with Crippen molar-refractivity contribution in [3.8, 4) is 0 Å². The maximum atomic E-state index is 12.2. The molecule has 108 valence electrons. The van der Waals surface area contributed by atoms with E-state index in [-0.39, 0.29) is 5.41 Å². The molecule has 0 spiro atoms. The summed E-state index contributed by atoms with van der Waals surface area (Å²) >= 11 is 0. The van der Waals surface area contributed by atoms with Gasteiger partial charge in [0.1, 0.15) is 0 Å². The maximum Gasteiger partial charge on any atom is 0.390 e. The highest BCUT2D eigenvalue weighted by atomic mass is 19.4. The number of piperidine rings is 1. The summed E-state index contributed by atoms with van der Waals surface area (Å²) in [5.74, 6) is 0. The van der Waals surface area contributed by atoms with Gasteiger partial charge in [-0.05, 0) is 32.9 Å². The molecule has 6 heteroatoms. The van der Waals surface area contributed by atoms with Crippen LogP contribution in [0.4, 0.5) is 13.2 Å². The Hall–Kier alpha value is -0.330. The number of halogens is 3. The molecule has 18 heavy (non-hydrogen) atoms. The van der Waals surface area contributed by atoms with Crippen molar-refractivity contribution < 1.29 is 17.9 Å². The molecule has 1 unspecified atom stereocenters. The lowest BCUT2D eigenvalue weighted by atomic mass is 9.79. The minimum Gasteiger partial charge on any atom is -0.384 e. The zero-order valence-electron chi connectivity index (χ0n) is 11.1. The lowest BCUT2D eigenvalue weighted by molar-refractivity contribution is -0.139. The minimum atomic E-state index is -4.10. The van der Waals surface area contributed by atoms with Crippen molar-refractivity contribution in [3.05, 3.63) is 0 Å². The molecular weight excluding hydrogens is 245 g/mol. The third kappa shape index (κ3) is 5.54. The molecule has 1 saturated heterocycles. The number of alkyl halides is 3. The molecule has 0 aromatic rings. The van der Waals surface area contributed by atoms with Crippen LogP contribution in [0.5, 0.6) is 0 Å². The Morgan fingerprint density at radius 1 is 1.33 bits per heavy atom. The molecule has 3 nitrogen and oxygen atoms in total. The number of methoxy groups -OCH3 is 1. The molecule has 0 aromatic heterocycles. The van der Waals surface area contributed by atoms with Crippen LogP contribution in [0.25, 0.3) is 0 Å². The van der Waals surface area contributed by atoms with E-state index in [1.54, 1.807) is 14.0 Å². The van der Waals surface area contributed by atoms with Crippen molar-refractivity contribution in [2.45, 2.75) is 38.4 Å². The Labute approximate surface area is 106 Å². The Morgan fingerprint density at radius 2 is 1.94 bits per heavy atom. The fourth-order valence-corrected chi connectivity index (χ4v) is 2.45. The number of ether oxygens (including phenoxy) is 1. The van der Waals surface area contributed by atoms with Gasteiger partial charge in [0.2, 0.25) is 0 Å². The molecule has 2 N–H and O–H groups in total. The number of hydrogen-bond acceptors (Lipinski definition) is 3. The molecule has 0 bridgehead atoms. The van der Waals surface area contributed by atoms with Crippen molar-refractivity contribution in [2.24, 2.45) is 5.41 Å². The number of hydrogen-bond donors (Lipinski definition) is 2. The minimum absolute atomic E-state index is 0.0279. The molecule has 0 radical (unpaired) electrons. The second kappa shape index (κ2) is 6.73. The van der Waals surface area contributed by atoms with E-state index in [2.05, 4.69) is 10.6 Å². The van der Waals surface area contributed by atoms with Crippen LogP contribution in [0, 0.1) is 5.41 Å². The van der Waals surface area contributed by atoms with Crippen molar-refractivity contribution in [1.29, 1.82) is 0 Å². The van der Waals surface area contributed by atoms with Crippen LogP contribution < -0.4 is 10.6 Å². The fourth-order valence-electron chi connectivity index (χ4n) is 2.45. The van der Waals surface area contributed by atoms with Crippen LogP contribution in [-0.4, -0.2) is 45.6 Å². The summed E-state index contributed by atoms with van der Waals surface area (Å²) in [5, 5.41) is 6.27. The molecule has 1 fully saturated rings. The summed E-state index contributed by atoms with van der Waals surface area (Å²) in [6.45, 7) is 4.56. The lowest BCUT2D eigenvalue weighted by Gasteiger charge is -2.38. The normalized spacial score (nSPS) is 21.8. The lowest BCUT2D eigenvalue weighted by Crippen LogP contribution is -2.48. The summed E-state index contributed by atoms with van der Waals surface area (Å²) in [5.41, 5.74) is -0.0279. The van der Waals surface area contributed by atoms with Crippen molar-refractivity contribution in [2.75, 3.05) is 33.4 Å². The second-order valence-corrected chi connectivity index (χ2v) is 5.28. The van der Waals surface area contributed by atoms with Gasteiger partial charge >= 0.3 is 6.18 Å². The molecule has 0 amide bonds. The highest BCUT2D eigenvalue weighted by Crippen LogP contribution is 2.29. The molecule has 1 aliphatic rings. The van der Waals surface area contributed by atoms with E-state index in [9.17, 15) is 13.2 Å². The zero-order chi connectivity index (χ0) is 13.6. The first-order valence-electron chi connectivity index (χ1n) is 6.37. The van der Waals surface area contributed by atoms with Crippen LogP contribution in [0.15, 0.2) is 0 Å². The second-order valence-electron chi connectivity index (χ2n) is 5.28. The summed E-state index contributed by atoms with van der Waals surface area (Å²) in [4.78, 5) is 0. The first kappa shape index (κ1) is 15.7. The quantitative estimate of drug-likeness (QED) is 0.772. The molecule has 0 saturated carbocycles. The molecular formula is C12H23F3N2O. The first-order valence-corrected chi connectivity index (χ1v) is 6.37. The van der Waals surface area contributed by atoms with Crippen molar-refractivity contribution >= 4 is 0 Å². The smallest absolute Gasteiger partial charge is 0.384 e.